The van der Waals surface area contributed by atoms with Gasteiger partial charge in [-0.05, 0) is 54.6 Å². The van der Waals surface area contributed by atoms with Crippen molar-refractivity contribution in [3.05, 3.63) is 69.2 Å². The Hall–Kier alpha value is -1.02. The average Bonchev–Trinajstić information content (AvgIpc) is 2.85. The van der Waals surface area contributed by atoms with Gasteiger partial charge in [0.05, 0.1) is 0 Å². The third kappa shape index (κ3) is 3.01. The molecule has 1 N–H and O–H groups in total. The summed E-state index contributed by atoms with van der Waals surface area (Å²) in [7, 11) is 0. The summed E-state index contributed by atoms with van der Waals surface area (Å²) in [6.07, 6.45) is 3.29. The molecule has 0 heterocycles. The van der Waals surface area contributed by atoms with Gasteiger partial charge in [-0.2, -0.15) is 0 Å². The lowest BCUT2D eigenvalue weighted by atomic mass is 10.1. The summed E-state index contributed by atoms with van der Waals surface area (Å²) in [6.45, 7) is 0.931. The molecule has 104 valence electrons. The lowest BCUT2D eigenvalue weighted by Crippen LogP contribution is -2.21. The second kappa shape index (κ2) is 6.17. The summed E-state index contributed by atoms with van der Waals surface area (Å²) >= 11 is 12.1. The molecule has 3 rings (SSSR count). The molecule has 0 aliphatic heterocycles. The highest BCUT2D eigenvalue weighted by molar-refractivity contribution is 6.35. The molecule has 1 atom stereocenters. The molecule has 0 amide bonds. The van der Waals surface area contributed by atoms with Crippen molar-refractivity contribution >= 4 is 23.2 Å². The number of rotatable bonds is 4. The largest absolute Gasteiger partial charge is 0.310 e. The predicted octanol–water partition coefficient (Wildman–Crippen LogP) is 4.81. The van der Waals surface area contributed by atoms with Crippen molar-refractivity contribution in [3.8, 4) is 0 Å². The van der Waals surface area contributed by atoms with Gasteiger partial charge in [0.1, 0.15) is 0 Å². The van der Waals surface area contributed by atoms with Gasteiger partial charge in [0.15, 0.2) is 0 Å². The van der Waals surface area contributed by atoms with E-state index in [9.17, 15) is 0 Å². The van der Waals surface area contributed by atoms with Gasteiger partial charge in [-0.25, -0.2) is 0 Å². The standard InChI is InChI=1S/C17H17Cl2N/c18-14-7-5-13(16(19)11-14)9-10-20-17-8-6-12-3-1-2-4-15(12)17/h1-5,7,11,17,20H,6,8-10H2. The highest BCUT2D eigenvalue weighted by Crippen LogP contribution is 2.30. The van der Waals surface area contributed by atoms with Gasteiger partial charge in [0.2, 0.25) is 0 Å². The van der Waals surface area contributed by atoms with E-state index in [4.69, 9.17) is 23.2 Å². The van der Waals surface area contributed by atoms with E-state index in [-0.39, 0.29) is 0 Å². The molecule has 2 aromatic rings. The summed E-state index contributed by atoms with van der Waals surface area (Å²) in [4.78, 5) is 0. The second-order valence-corrected chi connectivity index (χ2v) is 6.07. The zero-order valence-corrected chi connectivity index (χ0v) is 12.7. The third-order valence-corrected chi connectivity index (χ3v) is 4.52. The minimum atomic E-state index is 0.484. The lowest BCUT2D eigenvalue weighted by molar-refractivity contribution is 0.534. The molecule has 3 heteroatoms. The minimum absolute atomic E-state index is 0.484. The molecule has 0 saturated heterocycles. The maximum atomic E-state index is 6.19. The van der Waals surface area contributed by atoms with Crippen LogP contribution in [0.2, 0.25) is 10.0 Å². The SMILES string of the molecule is Clc1ccc(CCNC2CCc3ccccc32)c(Cl)c1. The summed E-state index contributed by atoms with van der Waals surface area (Å²) in [5.41, 5.74) is 4.08. The molecule has 20 heavy (non-hydrogen) atoms. The molecule has 0 aromatic heterocycles. The van der Waals surface area contributed by atoms with E-state index >= 15 is 0 Å². The summed E-state index contributed by atoms with van der Waals surface area (Å²) in [5.74, 6) is 0. The van der Waals surface area contributed by atoms with Gasteiger partial charge >= 0.3 is 0 Å². The molecule has 2 aromatic carbocycles. The van der Waals surface area contributed by atoms with E-state index in [1.54, 1.807) is 0 Å². The smallest absolute Gasteiger partial charge is 0.0453 e. The van der Waals surface area contributed by atoms with Crippen LogP contribution in [-0.2, 0) is 12.8 Å². The highest BCUT2D eigenvalue weighted by Gasteiger charge is 2.20. The van der Waals surface area contributed by atoms with Crippen molar-refractivity contribution in [2.75, 3.05) is 6.54 Å². The van der Waals surface area contributed by atoms with E-state index < -0.39 is 0 Å². The monoisotopic (exact) mass is 305 g/mol. The molecule has 0 fully saturated rings. The van der Waals surface area contributed by atoms with Crippen molar-refractivity contribution in [2.24, 2.45) is 0 Å². The van der Waals surface area contributed by atoms with E-state index in [1.165, 1.54) is 24.0 Å². The number of benzene rings is 2. The number of fused-ring (bicyclic) bond motifs is 1. The Morgan fingerprint density at radius 3 is 2.80 bits per heavy atom. The zero-order valence-electron chi connectivity index (χ0n) is 11.2. The zero-order chi connectivity index (χ0) is 13.9. The number of halogens is 2. The summed E-state index contributed by atoms with van der Waals surface area (Å²) in [5, 5.41) is 5.08. The van der Waals surface area contributed by atoms with E-state index in [0.29, 0.717) is 11.1 Å². The number of hydrogen-bond acceptors (Lipinski definition) is 1. The maximum Gasteiger partial charge on any atom is 0.0453 e. The third-order valence-electron chi connectivity index (χ3n) is 3.93. The fraction of sp³-hybridized carbons (Fsp3) is 0.294. The van der Waals surface area contributed by atoms with E-state index in [2.05, 4.69) is 29.6 Å². The van der Waals surface area contributed by atoms with Crippen molar-refractivity contribution in [3.63, 3.8) is 0 Å². The van der Waals surface area contributed by atoms with E-state index in [1.807, 2.05) is 18.2 Å². The Kier molecular flexibility index (Phi) is 4.30. The van der Waals surface area contributed by atoms with Gasteiger partial charge in [0.25, 0.3) is 0 Å². The Labute approximate surface area is 129 Å². The van der Waals surface area contributed by atoms with Crippen LogP contribution in [0.25, 0.3) is 0 Å². The first kappa shape index (κ1) is 13.9. The van der Waals surface area contributed by atoms with Gasteiger partial charge < -0.3 is 5.32 Å². The van der Waals surface area contributed by atoms with Crippen molar-refractivity contribution in [1.29, 1.82) is 0 Å². The van der Waals surface area contributed by atoms with Gasteiger partial charge in [-0.15, -0.1) is 0 Å². The Morgan fingerprint density at radius 2 is 1.95 bits per heavy atom. The molecule has 0 saturated carbocycles. The van der Waals surface area contributed by atoms with Crippen LogP contribution in [0.5, 0.6) is 0 Å². The summed E-state index contributed by atoms with van der Waals surface area (Å²) in [6, 6.07) is 14.9. The van der Waals surface area contributed by atoms with Crippen LogP contribution in [0.3, 0.4) is 0 Å². The van der Waals surface area contributed by atoms with E-state index in [0.717, 1.165) is 23.6 Å². The predicted molar refractivity (Wildman–Crippen MR) is 85.7 cm³/mol. The quantitative estimate of drug-likeness (QED) is 0.854. The molecule has 1 aliphatic rings. The first-order valence-corrected chi connectivity index (χ1v) is 7.75. The van der Waals surface area contributed by atoms with Crippen LogP contribution in [0.4, 0.5) is 0 Å². The Bertz CT molecular complexity index is 610. The fourth-order valence-electron chi connectivity index (χ4n) is 2.87. The average molecular weight is 306 g/mol. The number of nitrogens with one attached hydrogen (secondary N) is 1. The van der Waals surface area contributed by atoms with Gasteiger partial charge in [0, 0.05) is 16.1 Å². The summed E-state index contributed by atoms with van der Waals surface area (Å²) < 4.78 is 0. The van der Waals surface area contributed by atoms with Crippen molar-refractivity contribution in [2.45, 2.75) is 25.3 Å². The fourth-order valence-corrected chi connectivity index (χ4v) is 3.38. The molecule has 0 bridgehead atoms. The molecular formula is C17H17Cl2N. The van der Waals surface area contributed by atoms with Crippen LogP contribution in [0, 0.1) is 0 Å². The van der Waals surface area contributed by atoms with Gasteiger partial charge in [-0.1, -0.05) is 53.5 Å². The molecule has 0 radical (unpaired) electrons. The van der Waals surface area contributed by atoms with Crippen LogP contribution in [-0.4, -0.2) is 6.54 Å². The Morgan fingerprint density at radius 1 is 1.10 bits per heavy atom. The number of aryl methyl sites for hydroxylation is 1. The van der Waals surface area contributed by atoms with Crippen molar-refractivity contribution < 1.29 is 0 Å². The topological polar surface area (TPSA) is 12.0 Å². The highest BCUT2D eigenvalue weighted by atomic mass is 35.5. The van der Waals surface area contributed by atoms with Gasteiger partial charge in [-0.3, -0.25) is 0 Å². The van der Waals surface area contributed by atoms with Crippen LogP contribution in [0.15, 0.2) is 42.5 Å². The maximum absolute atomic E-state index is 6.19. The van der Waals surface area contributed by atoms with Crippen LogP contribution < -0.4 is 5.32 Å². The van der Waals surface area contributed by atoms with Crippen LogP contribution >= 0.6 is 23.2 Å². The van der Waals surface area contributed by atoms with Crippen LogP contribution in [0.1, 0.15) is 29.2 Å². The lowest BCUT2D eigenvalue weighted by Gasteiger charge is -2.14. The Balaban J connectivity index is 1.59. The first-order chi connectivity index (χ1) is 9.74. The molecule has 1 unspecified atom stereocenters. The normalized spacial score (nSPS) is 17.2. The van der Waals surface area contributed by atoms with Crippen molar-refractivity contribution in [1.82, 2.24) is 5.32 Å². The molecular weight excluding hydrogens is 289 g/mol. The minimum Gasteiger partial charge on any atom is -0.310 e. The molecule has 1 nitrogen and oxygen atoms in total. The molecule has 0 spiro atoms. The molecule has 1 aliphatic carbocycles. The second-order valence-electron chi connectivity index (χ2n) is 5.23. The number of hydrogen-bond donors (Lipinski definition) is 1. The first-order valence-electron chi connectivity index (χ1n) is 6.99.